The molecule has 1 aliphatic heterocycles. The maximum absolute atomic E-state index is 5.81. The van der Waals surface area contributed by atoms with Gasteiger partial charge in [0.05, 0.1) is 13.2 Å². The Balaban J connectivity index is 2.13. The van der Waals surface area contributed by atoms with E-state index >= 15 is 0 Å². The first-order chi connectivity index (χ1) is 9.22. The van der Waals surface area contributed by atoms with Crippen LogP contribution in [-0.2, 0) is 16.1 Å². The number of aromatic nitrogens is 2. The fourth-order valence-electron chi connectivity index (χ4n) is 2.30. The van der Waals surface area contributed by atoms with Gasteiger partial charge in [0.1, 0.15) is 16.6 Å². The SMILES string of the molecule is CCCN1CCOC(c2nc(=S)cc(COC)[nH]2)C1. The van der Waals surface area contributed by atoms with Crippen LogP contribution < -0.4 is 0 Å². The smallest absolute Gasteiger partial charge is 0.138 e. The zero-order valence-electron chi connectivity index (χ0n) is 11.5. The molecule has 2 rings (SSSR count). The Morgan fingerprint density at radius 1 is 1.63 bits per heavy atom. The molecule has 0 saturated carbocycles. The lowest BCUT2D eigenvalue weighted by atomic mass is 10.2. The van der Waals surface area contributed by atoms with Crippen LogP contribution in [-0.4, -0.2) is 48.2 Å². The summed E-state index contributed by atoms with van der Waals surface area (Å²) in [7, 11) is 1.66. The normalized spacial score (nSPS) is 20.6. The fourth-order valence-corrected chi connectivity index (χ4v) is 2.54. The van der Waals surface area contributed by atoms with Crippen molar-refractivity contribution >= 4 is 12.2 Å². The van der Waals surface area contributed by atoms with E-state index in [4.69, 9.17) is 21.7 Å². The Morgan fingerprint density at radius 3 is 3.21 bits per heavy atom. The molecule has 1 unspecified atom stereocenters. The molecular formula is C13H21N3O2S. The van der Waals surface area contributed by atoms with Crippen LogP contribution in [0, 0.1) is 4.64 Å². The summed E-state index contributed by atoms with van der Waals surface area (Å²) in [6.45, 7) is 6.38. The van der Waals surface area contributed by atoms with E-state index in [0.717, 1.165) is 44.2 Å². The molecule has 0 radical (unpaired) electrons. The summed E-state index contributed by atoms with van der Waals surface area (Å²) in [6.07, 6.45) is 1.12. The average Bonchev–Trinajstić information content (AvgIpc) is 2.39. The Morgan fingerprint density at radius 2 is 2.47 bits per heavy atom. The van der Waals surface area contributed by atoms with E-state index in [1.807, 2.05) is 6.07 Å². The highest BCUT2D eigenvalue weighted by Gasteiger charge is 2.23. The molecule has 0 aliphatic carbocycles. The quantitative estimate of drug-likeness (QED) is 0.838. The van der Waals surface area contributed by atoms with Crippen molar-refractivity contribution in [1.29, 1.82) is 0 Å². The number of morpholine rings is 1. The number of nitrogens with zero attached hydrogens (tertiary/aromatic N) is 2. The number of hydrogen-bond donors (Lipinski definition) is 1. The van der Waals surface area contributed by atoms with Crippen LogP contribution in [0.2, 0.25) is 0 Å². The van der Waals surface area contributed by atoms with Gasteiger partial charge in [0.15, 0.2) is 0 Å². The second-order valence-electron chi connectivity index (χ2n) is 4.72. The standard InChI is InChI=1S/C13H21N3O2S/c1-3-4-16-5-6-18-11(8-16)13-14-10(9-17-2)7-12(19)15-13/h7,11H,3-6,8-9H2,1-2H3,(H,14,15,19). The predicted octanol–water partition coefficient (Wildman–Crippen LogP) is 2.07. The number of rotatable bonds is 5. The minimum absolute atomic E-state index is 0.0289. The summed E-state index contributed by atoms with van der Waals surface area (Å²) in [4.78, 5) is 10.0. The van der Waals surface area contributed by atoms with E-state index in [-0.39, 0.29) is 6.10 Å². The van der Waals surface area contributed by atoms with Crippen molar-refractivity contribution in [1.82, 2.24) is 14.9 Å². The topological polar surface area (TPSA) is 50.4 Å². The Kier molecular flexibility index (Phi) is 5.45. The molecule has 1 fully saturated rings. The molecule has 0 amide bonds. The van der Waals surface area contributed by atoms with Gasteiger partial charge in [0.2, 0.25) is 0 Å². The molecule has 1 aromatic rings. The van der Waals surface area contributed by atoms with Gasteiger partial charge < -0.3 is 14.5 Å². The summed E-state index contributed by atoms with van der Waals surface area (Å²) in [5, 5.41) is 0. The monoisotopic (exact) mass is 283 g/mol. The van der Waals surface area contributed by atoms with Gasteiger partial charge in [-0.05, 0) is 19.0 Å². The van der Waals surface area contributed by atoms with Crippen molar-refractivity contribution < 1.29 is 9.47 Å². The number of H-pyrrole nitrogens is 1. The first-order valence-electron chi connectivity index (χ1n) is 6.66. The van der Waals surface area contributed by atoms with Crippen LogP contribution in [0.4, 0.5) is 0 Å². The highest BCUT2D eigenvalue weighted by molar-refractivity contribution is 7.71. The maximum atomic E-state index is 5.81. The second-order valence-corrected chi connectivity index (χ2v) is 5.14. The highest BCUT2D eigenvalue weighted by atomic mass is 32.1. The zero-order chi connectivity index (χ0) is 13.7. The van der Waals surface area contributed by atoms with Gasteiger partial charge in [-0.2, -0.15) is 0 Å². The number of methoxy groups -OCH3 is 1. The van der Waals surface area contributed by atoms with Crippen LogP contribution in [0.1, 0.15) is 31.0 Å². The van der Waals surface area contributed by atoms with Gasteiger partial charge in [0.25, 0.3) is 0 Å². The summed E-state index contributed by atoms with van der Waals surface area (Å²) in [5.41, 5.74) is 0.939. The molecule has 19 heavy (non-hydrogen) atoms. The molecule has 1 N–H and O–H groups in total. The van der Waals surface area contributed by atoms with E-state index in [2.05, 4.69) is 21.8 Å². The number of aromatic amines is 1. The van der Waals surface area contributed by atoms with Gasteiger partial charge in [-0.1, -0.05) is 19.1 Å². The number of ether oxygens (including phenoxy) is 2. The molecule has 2 heterocycles. The lowest BCUT2D eigenvalue weighted by Crippen LogP contribution is -2.39. The third-order valence-electron chi connectivity index (χ3n) is 3.11. The first kappa shape index (κ1) is 14.6. The number of nitrogens with one attached hydrogen (secondary N) is 1. The molecule has 6 heteroatoms. The maximum Gasteiger partial charge on any atom is 0.138 e. The predicted molar refractivity (Wildman–Crippen MR) is 75.6 cm³/mol. The Labute approximate surface area is 118 Å². The Bertz CT molecular complexity index is 461. The van der Waals surface area contributed by atoms with Gasteiger partial charge in [-0.3, -0.25) is 4.90 Å². The molecule has 1 saturated heterocycles. The molecule has 0 aromatic carbocycles. The van der Waals surface area contributed by atoms with E-state index in [9.17, 15) is 0 Å². The molecule has 1 atom stereocenters. The van der Waals surface area contributed by atoms with Gasteiger partial charge in [-0.25, -0.2) is 4.98 Å². The minimum atomic E-state index is -0.0289. The van der Waals surface area contributed by atoms with Crippen molar-refractivity contribution in [2.24, 2.45) is 0 Å². The molecule has 5 nitrogen and oxygen atoms in total. The molecule has 1 aliphatic rings. The van der Waals surface area contributed by atoms with Gasteiger partial charge in [0, 0.05) is 25.9 Å². The van der Waals surface area contributed by atoms with Crippen molar-refractivity contribution in [3.05, 3.63) is 22.2 Å². The molecule has 1 aromatic heterocycles. The largest absolute Gasteiger partial charge is 0.378 e. The zero-order valence-corrected chi connectivity index (χ0v) is 12.3. The minimum Gasteiger partial charge on any atom is -0.378 e. The third kappa shape index (κ3) is 4.07. The molecular weight excluding hydrogens is 262 g/mol. The van der Waals surface area contributed by atoms with Gasteiger partial charge >= 0.3 is 0 Å². The van der Waals surface area contributed by atoms with E-state index in [1.165, 1.54) is 0 Å². The molecule has 0 spiro atoms. The third-order valence-corrected chi connectivity index (χ3v) is 3.32. The number of hydrogen-bond acceptors (Lipinski definition) is 5. The van der Waals surface area contributed by atoms with Crippen LogP contribution in [0.5, 0.6) is 0 Å². The van der Waals surface area contributed by atoms with Crippen molar-refractivity contribution in [3.63, 3.8) is 0 Å². The summed E-state index contributed by atoms with van der Waals surface area (Å²) >= 11 is 5.20. The average molecular weight is 283 g/mol. The lowest BCUT2D eigenvalue weighted by molar-refractivity contribution is -0.0344. The van der Waals surface area contributed by atoms with Crippen molar-refractivity contribution in [2.45, 2.75) is 26.1 Å². The summed E-state index contributed by atoms with van der Waals surface area (Å²) in [6, 6.07) is 1.83. The van der Waals surface area contributed by atoms with Crippen LogP contribution in [0.25, 0.3) is 0 Å². The Hall–Kier alpha value is -0.820. The molecule has 106 valence electrons. The van der Waals surface area contributed by atoms with Crippen LogP contribution >= 0.6 is 12.2 Å². The first-order valence-corrected chi connectivity index (χ1v) is 7.06. The van der Waals surface area contributed by atoms with E-state index in [1.54, 1.807) is 7.11 Å². The lowest BCUT2D eigenvalue weighted by Gasteiger charge is -2.32. The molecule has 0 bridgehead atoms. The summed E-state index contributed by atoms with van der Waals surface area (Å²) < 4.78 is 11.5. The van der Waals surface area contributed by atoms with Crippen molar-refractivity contribution in [2.75, 3.05) is 33.4 Å². The van der Waals surface area contributed by atoms with Gasteiger partial charge in [-0.15, -0.1) is 0 Å². The summed E-state index contributed by atoms with van der Waals surface area (Å²) in [5.74, 6) is 0.806. The van der Waals surface area contributed by atoms with Crippen molar-refractivity contribution in [3.8, 4) is 0 Å². The second kappa shape index (κ2) is 7.09. The fraction of sp³-hybridized carbons (Fsp3) is 0.692. The van der Waals surface area contributed by atoms with Crippen LogP contribution in [0.15, 0.2) is 6.07 Å². The van der Waals surface area contributed by atoms with E-state index < -0.39 is 0 Å². The highest BCUT2D eigenvalue weighted by Crippen LogP contribution is 2.19. The van der Waals surface area contributed by atoms with E-state index in [0.29, 0.717) is 11.2 Å². The van der Waals surface area contributed by atoms with Crippen LogP contribution in [0.3, 0.4) is 0 Å².